The van der Waals surface area contributed by atoms with E-state index < -0.39 is 11.7 Å². The lowest BCUT2D eigenvalue weighted by Gasteiger charge is -2.11. The number of hydrogen-bond donors (Lipinski definition) is 0. The average Bonchev–Trinajstić information content (AvgIpc) is 3.11. The zero-order valence-corrected chi connectivity index (χ0v) is 15.1. The van der Waals surface area contributed by atoms with Gasteiger partial charge >= 0.3 is 6.18 Å². The largest absolute Gasteiger partial charge is 0.497 e. The van der Waals surface area contributed by atoms with E-state index in [0.29, 0.717) is 17.8 Å². The smallest absolute Gasteiger partial charge is 0.416 e. The van der Waals surface area contributed by atoms with Crippen molar-refractivity contribution < 1.29 is 17.9 Å². The molecule has 6 heteroatoms. The average molecular weight is 382 g/mol. The van der Waals surface area contributed by atoms with Crippen LogP contribution >= 0.6 is 0 Å². The van der Waals surface area contributed by atoms with Gasteiger partial charge in [-0.25, -0.2) is 0 Å². The number of hydrogen-bond acceptors (Lipinski definition) is 2. The van der Waals surface area contributed by atoms with Crippen molar-refractivity contribution in [2.24, 2.45) is 0 Å². The van der Waals surface area contributed by atoms with Crippen molar-refractivity contribution >= 4 is 10.9 Å². The van der Waals surface area contributed by atoms with E-state index in [1.54, 1.807) is 13.3 Å². The normalized spacial score (nSPS) is 11.7. The van der Waals surface area contributed by atoms with Gasteiger partial charge in [0.2, 0.25) is 0 Å². The fourth-order valence-electron chi connectivity index (χ4n) is 3.24. The second-order valence-electron chi connectivity index (χ2n) is 6.46. The number of pyridine rings is 1. The molecule has 0 radical (unpaired) electrons. The molecule has 0 amide bonds. The lowest BCUT2D eigenvalue weighted by molar-refractivity contribution is -0.137. The van der Waals surface area contributed by atoms with E-state index in [2.05, 4.69) is 9.55 Å². The molecule has 4 aromatic rings. The molecule has 2 aromatic carbocycles. The number of fused-ring (bicyclic) bond motifs is 1. The molecular weight excluding hydrogens is 365 g/mol. The van der Waals surface area contributed by atoms with Crippen LogP contribution < -0.4 is 4.74 Å². The molecule has 0 unspecified atom stereocenters. The Morgan fingerprint density at radius 2 is 1.64 bits per heavy atom. The predicted molar refractivity (Wildman–Crippen MR) is 102 cm³/mol. The van der Waals surface area contributed by atoms with Crippen molar-refractivity contribution in [3.63, 3.8) is 0 Å². The molecule has 0 atom stereocenters. The molecule has 3 nitrogen and oxygen atoms in total. The van der Waals surface area contributed by atoms with Gasteiger partial charge in [0.15, 0.2) is 0 Å². The van der Waals surface area contributed by atoms with Gasteiger partial charge in [-0.2, -0.15) is 13.2 Å². The van der Waals surface area contributed by atoms with Gasteiger partial charge in [-0.3, -0.25) is 4.98 Å². The lowest BCUT2D eigenvalue weighted by atomic mass is 10.1. The molecule has 0 saturated carbocycles. The number of methoxy groups -OCH3 is 1. The summed E-state index contributed by atoms with van der Waals surface area (Å²) in [6.45, 7) is 0.618. The van der Waals surface area contributed by atoms with Crippen LogP contribution in [0, 0.1) is 0 Å². The summed E-state index contributed by atoms with van der Waals surface area (Å²) in [7, 11) is 1.62. The second-order valence-corrected chi connectivity index (χ2v) is 6.46. The first kappa shape index (κ1) is 18.1. The van der Waals surface area contributed by atoms with E-state index in [9.17, 15) is 13.2 Å². The van der Waals surface area contributed by atoms with Gasteiger partial charge in [0.1, 0.15) is 5.75 Å². The van der Waals surface area contributed by atoms with E-state index in [1.807, 2.05) is 42.6 Å². The molecule has 28 heavy (non-hydrogen) atoms. The Morgan fingerprint density at radius 1 is 0.929 bits per heavy atom. The molecule has 0 saturated heterocycles. The Morgan fingerprint density at radius 3 is 2.29 bits per heavy atom. The number of nitrogens with zero attached hydrogens (tertiary/aromatic N) is 2. The summed E-state index contributed by atoms with van der Waals surface area (Å²) in [6, 6.07) is 16.8. The minimum atomic E-state index is -4.35. The standard InChI is InChI=1S/C22H17F3N2O/c1-28-19-8-2-15(3-9-19)14-27-13-11-17-10-12-26-20(21(17)27)16-4-6-18(7-5-16)22(23,24)25/h2-13H,14H2,1H3. The SMILES string of the molecule is COc1ccc(Cn2ccc3ccnc(-c4ccc(C(F)(F)F)cc4)c32)cc1. The fraction of sp³-hybridized carbons (Fsp3) is 0.136. The molecule has 2 aromatic heterocycles. The first-order valence-electron chi connectivity index (χ1n) is 8.70. The maximum atomic E-state index is 12.9. The zero-order valence-electron chi connectivity index (χ0n) is 15.1. The van der Waals surface area contributed by atoms with Crippen LogP contribution in [0.1, 0.15) is 11.1 Å². The van der Waals surface area contributed by atoms with Crippen molar-refractivity contribution in [3.8, 4) is 17.0 Å². The number of halogens is 3. The predicted octanol–water partition coefficient (Wildman–Crippen LogP) is 5.78. The van der Waals surface area contributed by atoms with E-state index >= 15 is 0 Å². The van der Waals surface area contributed by atoms with Crippen molar-refractivity contribution in [2.45, 2.75) is 12.7 Å². The van der Waals surface area contributed by atoms with E-state index in [-0.39, 0.29) is 0 Å². The van der Waals surface area contributed by atoms with Crippen LogP contribution in [0.2, 0.25) is 0 Å². The van der Waals surface area contributed by atoms with Crippen LogP contribution in [0.5, 0.6) is 5.75 Å². The Hall–Kier alpha value is -3.28. The molecule has 0 bridgehead atoms. The van der Waals surface area contributed by atoms with Crippen molar-refractivity contribution in [1.29, 1.82) is 0 Å². The summed E-state index contributed by atoms with van der Waals surface area (Å²) < 4.78 is 45.8. The van der Waals surface area contributed by atoms with Gasteiger partial charge < -0.3 is 9.30 Å². The minimum absolute atomic E-state index is 0.618. The summed E-state index contributed by atoms with van der Waals surface area (Å²) >= 11 is 0. The highest BCUT2D eigenvalue weighted by atomic mass is 19.4. The third-order valence-electron chi connectivity index (χ3n) is 4.67. The number of benzene rings is 2. The van der Waals surface area contributed by atoms with Crippen molar-refractivity contribution in [1.82, 2.24) is 9.55 Å². The molecule has 0 aliphatic carbocycles. The third kappa shape index (κ3) is 3.45. The summed E-state index contributed by atoms with van der Waals surface area (Å²) in [5.41, 5.74) is 2.61. The van der Waals surface area contributed by atoms with Gasteiger partial charge in [0.25, 0.3) is 0 Å². The molecule has 2 heterocycles. The summed E-state index contributed by atoms with van der Waals surface area (Å²) in [5.74, 6) is 0.785. The molecule has 0 N–H and O–H groups in total. The summed E-state index contributed by atoms with van der Waals surface area (Å²) in [5, 5.41) is 0.985. The van der Waals surface area contributed by atoms with Gasteiger partial charge in [-0.15, -0.1) is 0 Å². The van der Waals surface area contributed by atoms with Gasteiger partial charge in [-0.1, -0.05) is 24.3 Å². The van der Waals surface area contributed by atoms with E-state index in [4.69, 9.17) is 4.74 Å². The first-order valence-corrected chi connectivity index (χ1v) is 8.70. The van der Waals surface area contributed by atoms with Crippen LogP contribution in [0.4, 0.5) is 13.2 Å². The topological polar surface area (TPSA) is 27.1 Å². The molecule has 0 aliphatic rings. The molecule has 0 aliphatic heterocycles. The van der Waals surface area contributed by atoms with Crippen LogP contribution in [0.25, 0.3) is 22.2 Å². The summed E-state index contributed by atoms with van der Waals surface area (Å²) in [6.07, 6.45) is -0.718. The fourth-order valence-corrected chi connectivity index (χ4v) is 3.24. The maximum absolute atomic E-state index is 12.9. The lowest BCUT2D eigenvalue weighted by Crippen LogP contribution is -2.04. The molecule has 142 valence electrons. The van der Waals surface area contributed by atoms with E-state index in [0.717, 1.165) is 34.3 Å². The third-order valence-corrected chi connectivity index (χ3v) is 4.67. The number of aromatic nitrogens is 2. The highest BCUT2D eigenvalue weighted by molar-refractivity contribution is 5.92. The Kier molecular flexibility index (Phi) is 4.55. The molecule has 0 fully saturated rings. The van der Waals surface area contributed by atoms with Gasteiger partial charge in [-0.05, 0) is 42.0 Å². The van der Waals surface area contributed by atoms with E-state index in [1.165, 1.54) is 12.1 Å². The van der Waals surface area contributed by atoms with Gasteiger partial charge in [0.05, 0.1) is 23.9 Å². The maximum Gasteiger partial charge on any atom is 0.416 e. The number of ether oxygens (including phenoxy) is 1. The molecular formula is C22H17F3N2O. The molecule has 0 spiro atoms. The highest BCUT2D eigenvalue weighted by Gasteiger charge is 2.30. The minimum Gasteiger partial charge on any atom is -0.497 e. The second kappa shape index (κ2) is 7.03. The van der Waals surface area contributed by atoms with Crippen LogP contribution in [-0.2, 0) is 12.7 Å². The monoisotopic (exact) mass is 382 g/mol. The highest BCUT2D eigenvalue weighted by Crippen LogP contribution is 2.33. The quantitative estimate of drug-likeness (QED) is 0.447. The number of rotatable bonds is 4. The molecule has 4 rings (SSSR count). The van der Waals surface area contributed by atoms with Crippen LogP contribution in [0.3, 0.4) is 0 Å². The number of alkyl halides is 3. The Bertz CT molecular complexity index is 1100. The van der Waals surface area contributed by atoms with Gasteiger partial charge in [0, 0.05) is 29.9 Å². The zero-order chi connectivity index (χ0) is 19.7. The summed E-state index contributed by atoms with van der Waals surface area (Å²) in [4.78, 5) is 4.45. The Labute approximate surface area is 160 Å². The Balaban J connectivity index is 1.74. The first-order chi connectivity index (χ1) is 13.5. The van der Waals surface area contributed by atoms with Crippen molar-refractivity contribution in [3.05, 3.63) is 84.2 Å². The van der Waals surface area contributed by atoms with Crippen molar-refractivity contribution in [2.75, 3.05) is 7.11 Å². The van der Waals surface area contributed by atoms with Crippen LogP contribution in [0.15, 0.2) is 73.1 Å². The van der Waals surface area contributed by atoms with Crippen LogP contribution in [-0.4, -0.2) is 16.7 Å².